The number of H-pyrrole nitrogens is 1. The zero-order valence-electron chi connectivity index (χ0n) is 16.6. The zero-order valence-corrected chi connectivity index (χ0v) is 17.4. The van der Waals surface area contributed by atoms with Gasteiger partial charge >= 0.3 is 11.3 Å². The van der Waals surface area contributed by atoms with Crippen molar-refractivity contribution in [1.82, 2.24) is 15.1 Å². The lowest BCUT2D eigenvalue weighted by Gasteiger charge is -2.21. The van der Waals surface area contributed by atoms with Gasteiger partial charge in [-0.2, -0.15) is 0 Å². The number of nitrogens with zero attached hydrogens (tertiary/aromatic N) is 3. The highest BCUT2D eigenvalue weighted by Gasteiger charge is 2.50. The first kappa shape index (κ1) is 20.1. The van der Waals surface area contributed by atoms with Crippen molar-refractivity contribution in [2.75, 3.05) is 12.4 Å². The summed E-state index contributed by atoms with van der Waals surface area (Å²) in [6, 6.07) is 6.19. The number of aromatic nitrogens is 2. The summed E-state index contributed by atoms with van der Waals surface area (Å²) in [5, 5.41) is 5.58. The van der Waals surface area contributed by atoms with Crippen molar-refractivity contribution in [3.05, 3.63) is 40.4 Å². The van der Waals surface area contributed by atoms with Crippen LogP contribution in [0, 0.1) is 0 Å². The fourth-order valence-electron chi connectivity index (χ4n) is 3.46. The quantitative estimate of drug-likeness (QED) is 0.478. The topological polar surface area (TPSA) is 112 Å². The van der Waals surface area contributed by atoms with E-state index in [4.69, 9.17) is 21.5 Å². The van der Waals surface area contributed by atoms with Crippen molar-refractivity contribution in [1.29, 1.82) is 0 Å². The number of carbonyl (C=O) groups excluding carboxylic acids is 2. The van der Waals surface area contributed by atoms with Gasteiger partial charge < -0.3 is 15.0 Å². The molecule has 2 aromatic rings. The summed E-state index contributed by atoms with van der Waals surface area (Å²) in [6.45, 7) is 0.0661. The van der Waals surface area contributed by atoms with E-state index >= 15 is 0 Å². The number of nitrogens with one attached hydrogen (secondary N) is 2. The van der Waals surface area contributed by atoms with E-state index in [1.807, 2.05) is 0 Å². The Bertz CT molecular complexity index is 1040. The van der Waals surface area contributed by atoms with Crippen LogP contribution in [0.5, 0.6) is 5.75 Å². The molecule has 2 amide bonds. The molecule has 1 saturated heterocycles. The fourth-order valence-corrected chi connectivity index (χ4v) is 3.89. The van der Waals surface area contributed by atoms with Crippen molar-refractivity contribution in [3.63, 3.8) is 0 Å². The number of ether oxygens (including phenoxy) is 1. The number of thiocarbonyl (C=S) groups is 1. The van der Waals surface area contributed by atoms with Crippen molar-refractivity contribution in [2.45, 2.75) is 37.9 Å². The molecular weight excluding hydrogens is 410 g/mol. The molecule has 0 bridgehead atoms. The summed E-state index contributed by atoms with van der Waals surface area (Å²) in [4.78, 5) is 40.9. The summed E-state index contributed by atoms with van der Waals surface area (Å²) in [5.74, 6) is 0.137. The first-order chi connectivity index (χ1) is 14.4. The number of anilines is 1. The number of amides is 2. The highest BCUT2D eigenvalue weighted by atomic mass is 32.1. The summed E-state index contributed by atoms with van der Waals surface area (Å²) in [6.07, 6.45) is 1.67. The van der Waals surface area contributed by atoms with Crippen LogP contribution in [0.1, 0.15) is 25.0 Å². The second-order valence-electron chi connectivity index (χ2n) is 7.33. The van der Waals surface area contributed by atoms with E-state index < -0.39 is 11.7 Å². The Morgan fingerprint density at radius 3 is 2.60 bits per heavy atom. The summed E-state index contributed by atoms with van der Waals surface area (Å²) in [7, 11) is 3.19. The molecule has 2 N–H and O–H groups in total. The monoisotopic (exact) mass is 432 g/mol. The first-order valence-electron chi connectivity index (χ1n) is 9.53. The lowest BCUT2D eigenvalue weighted by molar-refractivity contribution is -0.746. The average Bonchev–Trinajstić information content (AvgIpc) is 3.47. The standard InChI is InChI=1S/C19H21N5O5S/c1-22-15(18(27)29-21-22)10-23-14(17(26)24(19(23)30)12-5-6-12)9-16(25)20-11-3-7-13(28-2)8-4-11/h3-4,7-8,12,14H,5-6,9-10H2,1-2H3,(H-,20,21,25,27)/p+1. The maximum absolute atomic E-state index is 13.1. The minimum Gasteiger partial charge on any atom is -0.497 e. The Labute approximate surface area is 177 Å². The van der Waals surface area contributed by atoms with Crippen LogP contribution >= 0.6 is 12.2 Å². The third-order valence-corrected chi connectivity index (χ3v) is 5.68. The van der Waals surface area contributed by atoms with Crippen LogP contribution in [0.4, 0.5) is 5.69 Å². The number of aromatic amines is 1. The van der Waals surface area contributed by atoms with Gasteiger partial charge in [0.05, 0.1) is 13.5 Å². The van der Waals surface area contributed by atoms with E-state index in [0.717, 1.165) is 12.8 Å². The van der Waals surface area contributed by atoms with Gasteiger partial charge in [-0.15, -0.1) is 0 Å². The highest BCUT2D eigenvalue weighted by molar-refractivity contribution is 7.80. The Morgan fingerprint density at radius 2 is 2.03 bits per heavy atom. The number of rotatable bonds is 7. The van der Waals surface area contributed by atoms with E-state index in [0.29, 0.717) is 22.2 Å². The maximum Gasteiger partial charge on any atom is 0.431 e. The molecule has 158 valence electrons. The van der Waals surface area contributed by atoms with Crippen molar-refractivity contribution >= 4 is 34.8 Å². The molecule has 30 heavy (non-hydrogen) atoms. The molecular formula is C19H22N5O5S+. The number of hydrogen-bond acceptors (Lipinski definition) is 6. The van der Waals surface area contributed by atoms with Gasteiger partial charge in [0, 0.05) is 11.7 Å². The van der Waals surface area contributed by atoms with Crippen LogP contribution in [0.3, 0.4) is 0 Å². The molecule has 10 nitrogen and oxygen atoms in total. The third kappa shape index (κ3) is 3.80. The summed E-state index contributed by atoms with van der Waals surface area (Å²) < 4.78 is 11.3. The van der Waals surface area contributed by atoms with E-state index in [1.54, 1.807) is 48.2 Å². The van der Waals surface area contributed by atoms with Gasteiger partial charge in [0.25, 0.3) is 5.91 Å². The van der Waals surface area contributed by atoms with Crippen LogP contribution in [0.15, 0.2) is 33.6 Å². The predicted molar refractivity (Wildman–Crippen MR) is 109 cm³/mol. The highest BCUT2D eigenvalue weighted by Crippen LogP contribution is 2.34. The van der Waals surface area contributed by atoms with Crippen LogP contribution in [-0.2, 0) is 23.2 Å². The SMILES string of the molecule is COc1ccc(NC(=O)CC2C(=O)N(C3CC3)C(=S)N2Cc2c(=O)o[nH][n+]2C)cc1. The zero-order chi connectivity index (χ0) is 21.4. The molecule has 2 aliphatic rings. The minimum atomic E-state index is -0.786. The molecule has 1 aromatic heterocycles. The molecule has 0 spiro atoms. The third-order valence-electron chi connectivity index (χ3n) is 5.25. The smallest absolute Gasteiger partial charge is 0.431 e. The average molecular weight is 432 g/mol. The molecule has 2 heterocycles. The maximum atomic E-state index is 13.1. The molecule has 1 aliphatic heterocycles. The van der Waals surface area contributed by atoms with Crippen LogP contribution in [0.2, 0.25) is 0 Å². The van der Waals surface area contributed by atoms with E-state index in [-0.39, 0.29) is 30.8 Å². The Kier molecular flexibility index (Phi) is 5.29. The van der Waals surface area contributed by atoms with Gasteiger partial charge in [-0.1, -0.05) is 4.68 Å². The summed E-state index contributed by atoms with van der Waals surface area (Å²) in [5.41, 5.74) is 0.361. The Hall–Kier alpha value is -3.21. The number of benzene rings is 1. The predicted octanol–water partition coefficient (Wildman–Crippen LogP) is 0.290. The minimum absolute atomic E-state index is 0.0661. The van der Waals surface area contributed by atoms with Crippen molar-refractivity contribution in [2.24, 2.45) is 7.05 Å². The van der Waals surface area contributed by atoms with E-state index in [1.165, 1.54) is 4.68 Å². The molecule has 1 saturated carbocycles. The molecule has 4 rings (SSSR count). The van der Waals surface area contributed by atoms with E-state index in [9.17, 15) is 14.4 Å². The largest absolute Gasteiger partial charge is 0.497 e. The van der Waals surface area contributed by atoms with Gasteiger partial charge in [0.15, 0.2) is 12.2 Å². The van der Waals surface area contributed by atoms with Gasteiger partial charge in [-0.3, -0.25) is 19.0 Å². The van der Waals surface area contributed by atoms with Gasteiger partial charge in [0.2, 0.25) is 5.91 Å². The number of hydrogen-bond donors (Lipinski definition) is 2. The first-order valence-corrected chi connectivity index (χ1v) is 9.94. The van der Waals surface area contributed by atoms with Crippen LogP contribution in [0.25, 0.3) is 0 Å². The molecule has 1 unspecified atom stereocenters. The van der Waals surface area contributed by atoms with Crippen molar-refractivity contribution in [3.8, 4) is 5.75 Å². The molecule has 11 heteroatoms. The van der Waals surface area contributed by atoms with Gasteiger partial charge in [-0.05, 0) is 54.6 Å². The number of carbonyl (C=O) groups is 2. The fraction of sp³-hybridized carbons (Fsp3) is 0.421. The molecule has 1 aliphatic carbocycles. The van der Waals surface area contributed by atoms with E-state index in [2.05, 4.69) is 10.6 Å². The number of methoxy groups -OCH3 is 1. The lowest BCUT2D eigenvalue weighted by Crippen LogP contribution is -2.44. The van der Waals surface area contributed by atoms with Crippen molar-refractivity contribution < 1.29 is 23.5 Å². The lowest BCUT2D eigenvalue weighted by atomic mass is 10.1. The van der Waals surface area contributed by atoms with Gasteiger partial charge in [0.1, 0.15) is 18.3 Å². The van der Waals surface area contributed by atoms with Gasteiger partial charge in [-0.25, -0.2) is 4.79 Å². The normalized spacial score (nSPS) is 18.8. The summed E-state index contributed by atoms with van der Waals surface area (Å²) >= 11 is 5.54. The molecule has 2 fully saturated rings. The Balaban J connectivity index is 1.53. The number of aryl methyl sites for hydroxylation is 1. The van der Waals surface area contributed by atoms with Crippen LogP contribution < -0.4 is 20.4 Å². The molecule has 0 radical (unpaired) electrons. The Morgan fingerprint density at radius 1 is 1.33 bits per heavy atom. The molecule has 1 atom stereocenters. The second-order valence-corrected chi connectivity index (χ2v) is 7.70. The molecule has 1 aromatic carbocycles. The van der Waals surface area contributed by atoms with Crippen LogP contribution in [-0.4, -0.2) is 51.2 Å². The second kappa shape index (κ2) is 7.90.